The molecule has 1 aromatic heterocycles. The number of carboxylic acid groups (broad SMARTS) is 1. The molecule has 2 unspecified atom stereocenters. The Bertz CT molecular complexity index is 1060. The van der Waals surface area contributed by atoms with Crippen LogP contribution < -0.4 is 4.74 Å². The molecule has 0 fully saturated rings. The smallest absolute Gasteiger partial charge is 0.326 e. The van der Waals surface area contributed by atoms with Gasteiger partial charge in [0.25, 0.3) is 0 Å². The number of methoxy groups -OCH3 is 1. The first-order chi connectivity index (χ1) is 13.6. The molecule has 0 saturated heterocycles. The van der Waals surface area contributed by atoms with Gasteiger partial charge in [-0.25, -0.2) is 4.79 Å². The second-order valence-corrected chi connectivity index (χ2v) is 6.92. The first-order valence-electron chi connectivity index (χ1n) is 9.33. The van der Waals surface area contributed by atoms with Crippen LogP contribution in [0, 0.1) is 0 Å². The number of para-hydroxylation sites is 2. The molecule has 0 spiro atoms. The highest BCUT2D eigenvalue weighted by Crippen LogP contribution is 2.43. The van der Waals surface area contributed by atoms with E-state index in [0.717, 1.165) is 27.7 Å². The highest BCUT2D eigenvalue weighted by Gasteiger charge is 2.43. The Morgan fingerprint density at radius 1 is 1.18 bits per heavy atom. The zero-order chi connectivity index (χ0) is 19.8. The standard InChI is InChI=1S/C22H22N2O4/c1-3-19(25)24-17(22(26)27)12-15-13-8-4-6-10-16(13)23-20(15)21(24)14-9-5-7-11-18(14)28-2/h4-11,17,21,23H,3,12H2,1-2H3,(H,26,27). The van der Waals surface area contributed by atoms with Crippen molar-refractivity contribution < 1.29 is 19.4 Å². The molecule has 4 rings (SSSR count). The maximum atomic E-state index is 12.9. The summed E-state index contributed by atoms with van der Waals surface area (Å²) in [6.07, 6.45) is 0.497. The van der Waals surface area contributed by atoms with Gasteiger partial charge in [0.15, 0.2) is 0 Å². The number of rotatable bonds is 4. The van der Waals surface area contributed by atoms with Crippen LogP contribution in [-0.4, -0.2) is 40.0 Å². The lowest BCUT2D eigenvalue weighted by Crippen LogP contribution is -2.51. The van der Waals surface area contributed by atoms with E-state index in [0.29, 0.717) is 5.75 Å². The lowest BCUT2D eigenvalue weighted by Gasteiger charge is -2.40. The molecule has 28 heavy (non-hydrogen) atoms. The molecule has 2 aromatic carbocycles. The Hall–Kier alpha value is -3.28. The fourth-order valence-electron chi connectivity index (χ4n) is 4.19. The molecule has 0 saturated carbocycles. The molecule has 144 valence electrons. The van der Waals surface area contributed by atoms with Crippen LogP contribution in [0.2, 0.25) is 0 Å². The van der Waals surface area contributed by atoms with Gasteiger partial charge in [0, 0.05) is 35.0 Å². The molecule has 6 nitrogen and oxygen atoms in total. The van der Waals surface area contributed by atoms with Crippen molar-refractivity contribution in [1.29, 1.82) is 0 Å². The number of benzene rings is 2. The summed E-state index contributed by atoms with van der Waals surface area (Å²) < 4.78 is 5.55. The second kappa shape index (κ2) is 7.03. The van der Waals surface area contributed by atoms with Gasteiger partial charge < -0.3 is 19.7 Å². The molecule has 0 aliphatic carbocycles. The van der Waals surface area contributed by atoms with Gasteiger partial charge in [-0.15, -0.1) is 0 Å². The number of carboxylic acids is 1. The number of amides is 1. The molecule has 1 amide bonds. The van der Waals surface area contributed by atoms with Crippen LogP contribution in [0.4, 0.5) is 0 Å². The van der Waals surface area contributed by atoms with Crippen LogP contribution in [0.3, 0.4) is 0 Å². The van der Waals surface area contributed by atoms with Crippen LogP contribution in [0.15, 0.2) is 48.5 Å². The van der Waals surface area contributed by atoms with Gasteiger partial charge in [0.2, 0.25) is 5.91 Å². The van der Waals surface area contributed by atoms with Crippen molar-refractivity contribution in [3.8, 4) is 5.75 Å². The third-order valence-electron chi connectivity index (χ3n) is 5.44. The minimum absolute atomic E-state index is 0.201. The summed E-state index contributed by atoms with van der Waals surface area (Å²) in [5.41, 5.74) is 3.50. The summed E-state index contributed by atoms with van der Waals surface area (Å²) in [5, 5.41) is 10.9. The Balaban J connectivity index is 2.02. The van der Waals surface area contributed by atoms with E-state index in [9.17, 15) is 14.7 Å². The molecule has 0 radical (unpaired) electrons. The van der Waals surface area contributed by atoms with Gasteiger partial charge in [-0.2, -0.15) is 0 Å². The highest BCUT2D eigenvalue weighted by molar-refractivity contribution is 5.90. The monoisotopic (exact) mass is 378 g/mol. The second-order valence-electron chi connectivity index (χ2n) is 6.92. The minimum Gasteiger partial charge on any atom is -0.496 e. The van der Waals surface area contributed by atoms with Crippen LogP contribution in [0.5, 0.6) is 5.75 Å². The van der Waals surface area contributed by atoms with E-state index in [4.69, 9.17) is 4.74 Å². The molecule has 1 aliphatic heterocycles. The third kappa shape index (κ3) is 2.72. The van der Waals surface area contributed by atoms with Crippen molar-refractivity contribution in [2.24, 2.45) is 0 Å². The van der Waals surface area contributed by atoms with E-state index in [1.807, 2.05) is 48.5 Å². The van der Waals surface area contributed by atoms with E-state index in [-0.39, 0.29) is 18.7 Å². The maximum absolute atomic E-state index is 12.9. The van der Waals surface area contributed by atoms with E-state index in [1.165, 1.54) is 4.90 Å². The van der Waals surface area contributed by atoms with Gasteiger partial charge in [-0.1, -0.05) is 43.3 Å². The van der Waals surface area contributed by atoms with Gasteiger partial charge in [-0.3, -0.25) is 4.79 Å². The number of carbonyl (C=O) groups is 2. The topological polar surface area (TPSA) is 82.6 Å². The fraction of sp³-hybridized carbons (Fsp3) is 0.273. The number of aromatic nitrogens is 1. The average Bonchev–Trinajstić information content (AvgIpc) is 3.10. The van der Waals surface area contributed by atoms with Gasteiger partial charge in [-0.05, 0) is 17.7 Å². The van der Waals surface area contributed by atoms with Crippen LogP contribution >= 0.6 is 0 Å². The Morgan fingerprint density at radius 2 is 1.89 bits per heavy atom. The van der Waals surface area contributed by atoms with E-state index < -0.39 is 18.1 Å². The van der Waals surface area contributed by atoms with E-state index in [2.05, 4.69) is 4.98 Å². The van der Waals surface area contributed by atoms with Crippen LogP contribution in [0.25, 0.3) is 10.9 Å². The Kier molecular flexibility index (Phi) is 4.55. The van der Waals surface area contributed by atoms with Crippen LogP contribution in [-0.2, 0) is 16.0 Å². The SMILES string of the molecule is CCC(=O)N1C(C(=O)O)Cc2c([nH]c3ccccc23)C1c1ccccc1OC. The number of nitrogens with one attached hydrogen (secondary N) is 1. The van der Waals surface area contributed by atoms with Crippen molar-refractivity contribution in [2.45, 2.75) is 31.8 Å². The van der Waals surface area contributed by atoms with Crippen molar-refractivity contribution in [1.82, 2.24) is 9.88 Å². The predicted octanol–water partition coefficient (Wildman–Crippen LogP) is 3.51. The van der Waals surface area contributed by atoms with E-state index >= 15 is 0 Å². The first-order valence-corrected chi connectivity index (χ1v) is 9.33. The number of carbonyl (C=O) groups excluding carboxylic acids is 1. The number of H-pyrrole nitrogens is 1. The summed E-state index contributed by atoms with van der Waals surface area (Å²) in [6, 6.07) is 13.8. The number of aliphatic carboxylic acids is 1. The molecule has 0 bridgehead atoms. The largest absolute Gasteiger partial charge is 0.496 e. The van der Waals surface area contributed by atoms with Crippen molar-refractivity contribution in [2.75, 3.05) is 7.11 Å². The number of fused-ring (bicyclic) bond motifs is 3. The molecular weight excluding hydrogens is 356 g/mol. The quantitative estimate of drug-likeness (QED) is 0.728. The molecule has 2 atom stereocenters. The molecular formula is C22H22N2O4. The van der Waals surface area contributed by atoms with E-state index in [1.54, 1.807) is 14.0 Å². The molecule has 1 aliphatic rings. The number of hydrogen-bond donors (Lipinski definition) is 2. The summed E-state index contributed by atoms with van der Waals surface area (Å²) in [5.74, 6) is -0.581. The number of ether oxygens (including phenoxy) is 1. The van der Waals surface area contributed by atoms with Gasteiger partial charge in [0.05, 0.1) is 7.11 Å². The highest BCUT2D eigenvalue weighted by atomic mass is 16.5. The van der Waals surface area contributed by atoms with Crippen LogP contribution in [0.1, 0.15) is 36.2 Å². The minimum atomic E-state index is -1.00. The predicted molar refractivity (Wildman–Crippen MR) is 105 cm³/mol. The Labute approximate surface area is 162 Å². The Morgan fingerprint density at radius 3 is 2.61 bits per heavy atom. The zero-order valence-corrected chi connectivity index (χ0v) is 15.8. The molecule has 2 N–H and O–H groups in total. The van der Waals surface area contributed by atoms with Crippen molar-refractivity contribution in [3.63, 3.8) is 0 Å². The summed E-state index contributed by atoms with van der Waals surface area (Å²) in [4.78, 5) is 30.0. The van der Waals surface area contributed by atoms with Crippen molar-refractivity contribution >= 4 is 22.8 Å². The van der Waals surface area contributed by atoms with Gasteiger partial charge in [0.1, 0.15) is 17.8 Å². The number of hydrogen-bond acceptors (Lipinski definition) is 3. The lowest BCUT2D eigenvalue weighted by molar-refractivity contribution is -0.152. The number of nitrogens with zero attached hydrogens (tertiary/aromatic N) is 1. The summed E-state index contributed by atoms with van der Waals surface area (Å²) >= 11 is 0. The van der Waals surface area contributed by atoms with Gasteiger partial charge >= 0.3 is 5.97 Å². The normalized spacial score (nSPS) is 18.7. The summed E-state index contributed by atoms with van der Waals surface area (Å²) in [6.45, 7) is 1.75. The maximum Gasteiger partial charge on any atom is 0.326 e. The average molecular weight is 378 g/mol. The van der Waals surface area contributed by atoms with Crippen molar-refractivity contribution in [3.05, 3.63) is 65.4 Å². The molecule has 3 aromatic rings. The first kappa shape index (κ1) is 18.1. The fourth-order valence-corrected chi connectivity index (χ4v) is 4.19. The zero-order valence-electron chi connectivity index (χ0n) is 15.8. The lowest BCUT2D eigenvalue weighted by atomic mass is 9.87. The number of aromatic amines is 1. The summed E-state index contributed by atoms with van der Waals surface area (Å²) in [7, 11) is 1.58. The third-order valence-corrected chi connectivity index (χ3v) is 5.44. The molecule has 2 heterocycles. The molecule has 6 heteroatoms.